The van der Waals surface area contributed by atoms with Gasteiger partial charge < -0.3 is 11.1 Å². The number of nitrogens with two attached hydrogens (primary N) is 1. The first-order chi connectivity index (χ1) is 10.0. The highest BCUT2D eigenvalue weighted by Crippen LogP contribution is 2.28. The number of halogens is 3. The van der Waals surface area contributed by atoms with E-state index in [9.17, 15) is 13.2 Å². The fourth-order valence-electron chi connectivity index (χ4n) is 2.10. The zero-order valence-corrected chi connectivity index (χ0v) is 11.5. The number of anilines is 1. The van der Waals surface area contributed by atoms with E-state index >= 15 is 0 Å². The van der Waals surface area contributed by atoms with Crippen molar-refractivity contribution in [3.8, 4) is 0 Å². The van der Waals surface area contributed by atoms with E-state index in [0.29, 0.717) is 17.8 Å². The minimum absolute atomic E-state index is 0.263. The average Bonchev–Trinajstić information content (AvgIpc) is 2.46. The van der Waals surface area contributed by atoms with Crippen molar-refractivity contribution in [2.75, 3.05) is 12.3 Å². The molecule has 0 amide bonds. The monoisotopic (exact) mass is 295 g/mol. The average molecular weight is 295 g/mol. The Morgan fingerprint density at radius 3 is 2.48 bits per heavy atom. The Labute approximate surface area is 121 Å². The van der Waals surface area contributed by atoms with Crippen LogP contribution in [0, 0.1) is 17.5 Å². The molecule has 0 radical (unpaired) electrons. The van der Waals surface area contributed by atoms with Crippen LogP contribution in [0.1, 0.15) is 30.5 Å². The van der Waals surface area contributed by atoms with E-state index in [2.05, 4.69) is 10.3 Å². The standard InChI is InChI=1S/C15H16F3N3/c1-2-4-21-15(10-8-20-5-3-13(10)19)9-6-11(16)14(18)12(17)7-9/h3,5-8,15,21H,2,4H2,1H3,(H2,19,20). The predicted molar refractivity (Wildman–Crippen MR) is 75.1 cm³/mol. The van der Waals surface area contributed by atoms with E-state index < -0.39 is 23.5 Å². The predicted octanol–water partition coefficient (Wildman–Crippen LogP) is 3.17. The van der Waals surface area contributed by atoms with Gasteiger partial charge in [-0.2, -0.15) is 0 Å². The lowest BCUT2D eigenvalue weighted by Crippen LogP contribution is -2.24. The van der Waals surface area contributed by atoms with Crippen molar-refractivity contribution >= 4 is 5.69 Å². The minimum Gasteiger partial charge on any atom is -0.398 e. The Bertz CT molecular complexity index is 608. The molecule has 1 atom stereocenters. The number of rotatable bonds is 5. The summed E-state index contributed by atoms with van der Waals surface area (Å²) in [6.07, 6.45) is 3.88. The van der Waals surface area contributed by atoms with Crippen molar-refractivity contribution in [3.05, 3.63) is 59.2 Å². The molecule has 0 fully saturated rings. The summed E-state index contributed by atoms with van der Waals surface area (Å²) in [5.74, 6) is -3.93. The van der Waals surface area contributed by atoms with Crippen molar-refractivity contribution in [3.63, 3.8) is 0 Å². The SMILES string of the molecule is CCCNC(c1cc(F)c(F)c(F)c1)c1cnccc1N. The summed E-state index contributed by atoms with van der Waals surface area (Å²) < 4.78 is 40.0. The third-order valence-corrected chi connectivity index (χ3v) is 3.14. The van der Waals surface area contributed by atoms with Gasteiger partial charge in [0, 0.05) is 23.6 Å². The summed E-state index contributed by atoms with van der Waals surface area (Å²) in [4.78, 5) is 3.98. The maximum Gasteiger partial charge on any atom is 0.194 e. The molecule has 0 spiro atoms. The molecule has 1 unspecified atom stereocenters. The first-order valence-electron chi connectivity index (χ1n) is 6.61. The normalized spacial score (nSPS) is 12.4. The third kappa shape index (κ3) is 3.33. The molecule has 1 aromatic carbocycles. The van der Waals surface area contributed by atoms with Gasteiger partial charge >= 0.3 is 0 Å². The van der Waals surface area contributed by atoms with Gasteiger partial charge in [-0.15, -0.1) is 0 Å². The Morgan fingerprint density at radius 2 is 1.90 bits per heavy atom. The molecule has 2 rings (SSSR count). The van der Waals surface area contributed by atoms with Crippen LogP contribution in [0.5, 0.6) is 0 Å². The number of nitrogen functional groups attached to an aromatic ring is 1. The minimum atomic E-state index is -1.48. The second-order valence-corrected chi connectivity index (χ2v) is 4.69. The Balaban J connectivity index is 2.48. The van der Waals surface area contributed by atoms with Crippen LogP contribution in [0.3, 0.4) is 0 Å². The van der Waals surface area contributed by atoms with E-state index in [1.54, 1.807) is 6.07 Å². The van der Waals surface area contributed by atoms with Crippen molar-refractivity contribution in [1.29, 1.82) is 0 Å². The topological polar surface area (TPSA) is 50.9 Å². The van der Waals surface area contributed by atoms with Crippen molar-refractivity contribution < 1.29 is 13.2 Å². The van der Waals surface area contributed by atoms with Gasteiger partial charge in [0.05, 0.1) is 6.04 Å². The summed E-state index contributed by atoms with van der Waals surface area (Å²) >= 11 is 0. The van der Waals surface area contributed by atoms with Gasteiger partial charge in [0.25, 0.3) is 0 Å². The zero-order valence-electron chi connectivity index (χ0n) is 11.5. The van der Waals surface area contributed by atoms with E-state index in [4.69, 9.17) is 5.73 Å². The molecule has 0 saturated carbocycles. The lowest BCUT2D eigenvalue weighted by molar-refractivity contribution is 0.442. The van der Waals surface area contributed by atoms with Crippen LogP contribution < -0.4 is 11.1 Å². The molecule has 3 nitrogen and oxygen atoms in total. The molecule has 112 valence electrons. The Kier molecular flexibility index (Phi) is 4.80. The largest absolute Gasteiger partial charge is 0.398 e. The molecule has 0 aliphatic rings. The second-order valence-electron chi connectivity index (χ2n) is 4.69. The number of hydrogen-bond donors (Lipinski definition) is 2. The molecule has 0 saturated heterocycles. The lowest BCUT2D eigenvalue weighted by Gasteiger charge is -2.21. The van der Waals surface area contributed by atoms with Gasteiger partial charge in [-0.3, -0.25) is 4.98 Å². The maximum absolute atomic E-state index is 13.4. The van der Waals surface area contributed by atoms with E-state index in [0.717, 1.165) is 18.6 Å². The van der Waals surface area contributed by atoms with E-state index in [1.165, 1.54) is 12.4 Å². The van der Waals surface area contributed by atoms with Crippen LogP contribution in [0.25, 0.3) is 0 Å². The van der Waals surface area contributed by atoms with Crippen molar-refractivity contribution in [2.24, 2.45) is 0 Å². The fourth-order valence-corrected chi connectivity index (χ4v) is 2.10. The number of benzene rings is 1. The third-order valence-electron chi connectivity index (χ3n) is 3.14. The highest BCUT2D eigenvalue weighted by atomic mass is 19.2. The highest BCUT2D eigenvalue weighted by Gasteiger charge is 2.20. The molecule has 0 aliphatic heterocycles. The van der Waals surface area contributed by atoms with Gasteiger partial charge in [-0.25, -0.2) is 13.2 Å². The van der Waals surface area contributed by atoms with Gasteiger partial charge in [-0.1, -0.05) is 6.92 Å². The number of nitrogens with one attached hydrogen (secondary N) is 1. The smallest absolute Gasteiger partial charge is 0.194 e. The summed E-state index contributed by atoms with van der Waals surface area (Å²) in [6, 6.07) is 2.99. The number of nitrogens with zero attached hydrogens (tertiary/aromatic N) is 1. The van der Waals surface area contributed by atoms with Crippen molar-refractivity contribution in [2.45, 2.75) is 19.4 Å². The maximum atomic E-state index is 13.4. The Hall–Kier alpha value is -2.08. The quantitative estimate of drug-likeness (QED) is 0.833. The van der Waals surface area contributed by atoms with Gasteiger partial charge in [-0.05, 0) is 36.7 Å². The molecule has 1 heterocycles. The van der Waals surface area contributed by atoms with Crippen LogP contribution in [0.4, 0.5) is 18.9 Å². The fraction of sp³-hybridized carbons (Fsp3) is 0.267. The lowest BCUT2D eigenvalue weighted by atomic mass is 9.98. The van der Waals surface area contributed by atoms with Crippen LogP contribution in [0.15, 0.2) is 30.6 Å². The zero-order chi connectivity index (χ0) is 15.4. The van der Waals surface area contributed by atoms with Crippen LogP contribution in [-0.4, -0.2) is 11.5 Å². The molecule has 6 heteroatoms. The van der Waals surface area contributed by atoms with Gasteiger partial charge in [0.1, 0.15) is 0 Å². The number of hydrogen-bond acceptors (Lipinski definition) is 3. The van der Waals surface area contributed by atoms with Gasteiger partial charge in [0.2, 0.25) is 0 Å². The number of aromatic nitrogens is 1. The first-order valence-corrected chi connectivity index (χ1v) is 6.61. The van der Waals surface area contributed by atoms with E-state index in [1.807, 2.05) is 6.92 Å². The molecule has 0 bridgehead atoms. The molecular formula is C15H16F3N3. The second kappa shape index (κ2) is 6.58. The number of pyridine rings is 1. The van der Waals surface area contributed by atoms with Crippen LogP contribution >= 0.6 is 0 Å². The molecule has 0 aliphatic carbocycles. The molecule has 2 aromatic rings. The molecule has 21 heavy (non-hydrogen) atoms. The van der Waals surface area contributed by atoms with Crippen LogP contribution in [-0.2, 0) is 0 Å². The molecule has 1 aromatic heterocycles. The summed E-state index contributed by atoms with van der Waals surface area (Å²) in [6.45, 7) is 2.57. The first kappa shape index (κ1) is 15.3. The van der Waals surface area contributed by atoms with Crippen molar-refractivity contribution in [1.82, 2.24) is 10.3 Å². The molecule has 3 N–H and O–H groups in total. The summed E-state index contributed by atoms with van der Waals surface area (Å²) in [5, 5.41) is 3.14. The van der Waals surface area contributed by atoms with E-state index in [-0.39, 0.29) is 5.56 Å². The Morgan fingerprint density at radius 1 is 1.24 bits per heavy atom. The highest BCUT2D eigenvalue weighted by molar-refractivity contribution is 5.49. The molecular weight excluding hydrogens is 279 g/mol. The van der Waals surface area contributed by atoms with Crippen LogP contribution in [0.2, 0.25) is 0 Å². The van der Waals surface area contributed by atoms with Gasteiger partial charge in [0.15, 0.2) is 17.5 Å². The summed E-state index contributed by atoms with van der Waals surface area (Å²) in [5.41, 5.74) is 7.20. The summed E-state index contributed by atoms with van der Waals surface area (Å²) in [7, 11) is 0.